The number of benzene rings is 1. The zero-order valence-corrected chi connectivity index (χ0v) is 13.2. The standard InChI is InChI=1S/C19H24O3/c1-14-6-2-3-8-16(14)13-22-19(20)12-18-17-9-5-4-7-15(17)10-11-21-18/h2-5,7,9,14,16,18H,6,8,10-13H2,1H3. The van der Waals surface area contributed by atoms with Crippen LogP contribution in [0.3, 0.4) is 0 Å². The van der Waals surface area contributed by atoms with Crippen molar-refractivity contribution in [2.45, 2.75) is 38.7 Å². The molecule has 3 unspecified atom stereocenters. The van der Waals surface area contributed by atoms with Gasteiger partial charge in [-0.25, -0.2) is 0 Å². The molecule has 0 saturated carbocycles. The summed E-state index contributed by atoms with van der Waals surface area (Å²) in [6.45, 7) is 3.43. The maximum atomic E-state index is 12.2. The van der Waals surface area contributed by atoms with Crippen molar-refractivity contribution in [3.8, 4) is 0 Å². The lowest BCUT2D eigenvalue weighted by atomic mass is 9.85. The van der Waals surface area contributed by atoms with Crippen LogP contribution < -0.4 is 0 Å². The zero-order chi connectivity index (χ0) is 15.4. The predicted octanol–water partition coefficient (Wildman–Crippen LogP) is 3.84. The maximum absolute atomic E-state index is 12.2. The monoisotopic (exact) mass is 300 g/mol. The minimum absolute atomic E-state index is 0.150. The highest BCUT2D eigenvalue weighted by molar-refractivity contribution is 5.70. The number of allylic oxidation sites excluding steroid dienone is 2. The maximum Gasteiger partial charge on any atom is 0.308 e. The SMILES string of the molecule is CC1CC=CCC1COC(=O)CC1OCCc2ccccc21. The van der Waals surface area contributed by atoms with Crippen LogP contribution in [0.25, 0.3) is 0 Å². The molecule has 3 heteroatoms. The van der Waals surface area contributed by atoms with E-state index in [1.807, 2.05) is 12.1 Å². The third kappa shape index (κ3) is 3.58. The van der Waals surface area contributed by atoms with Gasteiger partial charge < -0.3 is 9.47 Å². The summed E-state index contributed by atoms with van der Waals surface area (Å²) in [7, 11) is 0. The number of rotatable bonds is 4. The van der Waals surface area contributed by atoms with Crippen LogP contribution in [0.2, 0.25) is 0 Å². The van der Waals surface area contributed by atoms with Gasteiger partial charge in [-0.2, -0.15) is 0 Å². The van der Waals surface area contributed by atoms with Gasteiger partial charge in [-0.3, -0.25) is 4.79 Å². The van der Waals surface area contributed by atoms with Crippen LogP contribution >= 0.6 is 0 Å². The van der Waals surface area contributed by atoms with Gasteiger partial charge in [0, 0.05) is 0 Å². The van der Waals surface area contributed by atoms with Gasteiger partial charge in [0.15, 0.2) is 0 Å². The second-order valence-electron chi connectivity index (χ2n) is 6.38. The summed E-state index contributed by atoms with van der Waals surface area (Å²) < 4.78 is 11.3. The fraction of sp³-hybridized carbons (Fsp3) is 0.526. The summed E-state index contributed by atoms with van der Waals surface area (Å²) >= 11 is 0. The van der Waals surface area contributed by atoms with Crippen LogP contribution in [-0.4, -0.2) is 19.2 Å². The fourth-order valence-electron chi connectivity index (χ4n) is 3.30. The van der Waals surface area contributed by atoms with Crippen LogP contribution in [-0.2, 0) is 20.7 Å². The van der Waals surface area contributed by atoms with Crippen molar-refractivity contribution in [3.05, 3.63) is 47.5 Å². The van der Waals surface area contributed by atoms with Gasteiger partial charge in [0.05, 0.1) is 25.7 Å². The molecule has 1 heterocycles. The Morgan fingerprint density at radius 2 is 2.09 bits per heavy atom. The lowest BCUT2D eigenvalue weighted by Crippen LogP contribution is -2.24. The molecule has 2 aliphatic rings. The van der Waals surface area contributed by atoms with E-state index in [9.17, 15) is 4.79 Å². The van der Waals surface area contributed by atoms with Gasteiger partial charge in [-0.15, -0.1) is 0 Å². The van der Waals surface area contributed by atoms with Crippen molar-refractivity contribution in [1.29, 1.82) is 0 Å². The summed E-state index contributed by atoms with van der Waals surface area (Å²) in [6.07, 6.45) is 7.59. The van der Waals surface area contributed by atoms with E-state index >= 15 is 0 Å². The second kappa shape index (κ2) is 7.10. The van der Waals surface area contributed by atoms with Crippen LogP contribution in [0, 0.1) is 11.8 Å². The lowest BCUT2D eigenvalue weighted by molar-refractivity contribution is -0.149. The molecule has 0 fully saturated rings. The molecular weight excluding hydrogens is 276 g/mol. The van der Waals surface area contributed by atoms with Crippen molar-refractivity contribution < 1.29 is 14.3 Å². The summed E-state index contributed by atoms with van der Waals surface area (Å²) in [5, 5.41) is 0. The highest BCUT2D eigenvalue weighted by atomic mass is 16.5. The Balaban J connectivity index is 1.53. The Bertz CT molecular complexity index is 549. The average Bonchev–Trinajstić information content (AvgIpc) is 2.54. The van der Waals surface area contributed by atoms with Crippen molar-refractivity contribution in [2.75, 3.05) is 13.2 Å². The van der Waals surface area contributed by atoms with Crippen molar-refractivity contribution in [2.24, 2.45) is 11.8 Å². The van der Waals surface area contributed by atoms with Crippen LogP contribution in [0.1, 0.15) is 43.4 Å². The molecule has 118 valence electrons. The first-order valence-electron chi connectivity index (χ1n) is 8.24. The predicted molar refractivity (Wildman–Crippen MR) is 85.4 cm³/mol. The van der Waals surface area contributed by atoms with Crippen molar-refractivity contribution >= 4 is 5.97 Å². The molecule has 1 aromatic carbocycles. The van der Waals surface area contributed by atoms with E-state index in [1.165, 1.54) is 5.56 Å². The molecule has 0 bridgehead atoms. The first-order chi connectivity index (χ1) is 10.7. The molecule has 0 N–H and O–H groups in total. The number of esters is 1. The first kappa shape index (κ1) is 15.3. The molecule has 22 heavy (non-hydrogen) atoms. The zero-order valence-electron chi connectivity index (χ0n) is 13.2. The van der Waals surface area contributed by atoms with Crippen molar-refractivity contribution in [1.82, 2.24) is 0 Å². The van der Waals surface area contributed by atoms with E-state index in [0.717, 1.165) is 24.8 Å². The summed E-state index contributed by atoms with van der Waals surface area (Å²) in [6, 6.07) is 8.21. The number of fused-ring (bicyclic) bond motifs is 1. The number of hydrogen-bond donors (Lipinski definition) is 0. The Labute approximate surface area is 132 Å². The third-order valence-corrected chi connectivity index (χ3v) is 4.82. The number of carbonyl (C=O) groups is 1. The second-order valence-corrected chi connectivity index (χ2v) is 6.38. The summed E-state index contributed by atoms with van der Waals surface area (Å²) in [5.41, 5.74) is 2.43. The first-order valence-corrected chi connectivity index (χ1v) is 8.24. The van der Waals surface area contributed by atoms with Gasteiger partial charge in [0.1, 0.15) is 0 Å². The smallest absolute Gasteiger partial charge is 0.308 e. The highest BCUT2D eigenvalue weighted by Crippen LogP contribution is 2.30. The number of hydrogen-bond acceptors (Lipinski definition) is 3. The molecule has 3 atom stereocenters. The fourth-order valence-corrected chi connectivity index (χ4v) is 3.30. The third-order valence-electron chi connectivity index (χ3n) is 4.82. The average molecular weight is 300 g/mol. The van der Waals surface area contributed by atoms with Crippen LogP contribution in [0.5, 0.6) is 0 Å². The van der Waals surface area contributed by atoms with E-state index in [2.05, 4.69) is 31.2 Å². The minimum Gasteiger partial charge on any atom is -0.465 e. The molecular formula is C19H24O3. The summed E-state index contributed by atoms with van der Waals surface area (Å²) in [4.78, 5) is 12.2. The summed E-state index contributed by atoms with van der Waals surface area (Å²) in [5.74, 6) is 0.890. The van der Waals surface area contributed by atoms with E-state index in [-0.39, 0.29) is 12.1 Å². The van der Waals surface area contributed by atoms with E-state index < -0.39 is 0 Å². The number of carbonyl (C=O) groups excluding carboxylic acids is 1. The van der Waals surface area contributed by atoms with Crippen LogP contribution in [0.15, 0.2) is 36.4 Å². The van der Waals surface area contributed by atoms with Crippen molar-refractivity contribution in [3.63, 3.8) is 0 Å². The molecule has 0 aromatic heterocycles. The molecule has 1 aliphatic heterocycles. The molecule has 0 spiro atoms. The van der Waals surface area contributed by atoms with Gasteiger partial charge in [0.25, 0.3) is 0 Å². The molecule has 1 aliphatic carbocycles. The van der Waals surface area contributed by atoms with Gasteiger partial charge in [0.2, 0.25) is 0 Å². The van der Waals surface area contributed by atoms with E-state index in [0.29, 0.717) is 31.5 Å². The van der Waals surface area contributed by atoms with E-state index in [1.54, 1.807) is 0 Å². The topological polar surface area (TPSA) is 35.5 Å². The lowest BCUT2D eigenvalue weighted by Gasteiger charge is -2.27. The normalized spacial score (nSPS) is 27.2. The Kier molecular flexibility index (Phi) is 4.94. The molecule has 0 amide bonds. The molecule has 0 radical (unpaired) electrons. The van der Waals surface area contributed by atoms with E-state index in [4.69, 9.17) is 9.47 Å². The minimum atomic E-state index is -0.152. The molecule has 3 rings (SSSR count). The van der Waals surface area contributed by atoms with Gasteiger partial charge in [-0.1, -0.05) is 43.3 Å². The van der Waals surface area contributed by atoms with Crippen LogP contribution in [0.4, 0.5) is 0 Å². The quantitative estimate of drug-likeness (QED) is 0.626. The van der Waals surface area contributed by atoms with Gasteiger partial charge >= 0.3 is 5.97 Å². The molecule has 3 nitrogen and oxygen atoms in total. The molecule has 1 aromatic rings. The Morgan fingerprint density at radius 3 is 2.95 bits per heavy atom. The van der Waals surface area contributed by atoms with Gasteiger partial charge in [-0.05, 0) is 42.2 Å². The largest absolute Gasteiger partial charge is 0.465 e. The Hall–Kier alpha value is -1.61. The number of ether oxygens (including phenoxy) is 2. The highest BCUT2D eigenvalue weighted by Gasteiger charge is 2.25. The Morgan fingerprint density at radius 1 is 1.27 bits per heavy atom. The molecule has 0 saturated heterocycles.